The van der Waals surface area contributed by atoms with Crippen LogP contribution in [-0.4, -0.2) is 23.4 Å². The molecule has 4 rings (SSSR count). The van der Waals surface area contributed by atoms with Gasteiger partial charge < -0.3 is 10.6 Å². The third-order valence-corrected chi connectivity index (χ3v) is 6.99. The van der Waals surface area contributed by atoms with E-state index in [-0.39, 0.29) is 17.2 Å². The standard InChI is InChI=1S/C30H22Cl2N2O3S/c31-23-12-10-20(11-13-23)28(35)19-38-25-16-14-24(15-17-25)33-30(37)27(18-22-8-4-5-9-26(22)32)34-29(36)21-6-2-1-3-7-21/h1-18H,19H2,(H,33,37)(H,34,36)/b27-18-. The van der Waals surface area contributed by atoms with E-state index in [1.54, 1.807) is 91.0 Å². The lowest BCUT2D eigenvalue weighted by Gasteiger charge is -2.12. The summed E-state index contributed by atoms with van der Waals surface area (Å²) >= 11 is 13.6. The summed E-state index contributed by atoms with van der Waals surface area (Å²) in [5.74, 6) is -0.667. The van der Waals surface area contributed by atoms with Crippen LogP contribution in [0.2, 0.25) is 10.0 Å². The smallest absolute Gasteiger partial charge is 0.272 e. The van der Waals surface area contributed by atoms with Gasteiger partial charge in [-0.05, 0) is 78.4 Å². The molecule has 190 valence electrons. The molecule has 0 aliphatic heterocycles. The predicted molar refractivity (Wildman–Crippen MR) is 155 cm³/mol. The molecule has 2 N–H and O–H groups in total. The van der Waals surface area contributed by atoms with E-state index >= 15 is 0 Å². The summed E-state index contributed by atoms with van der Waals surface area (Å²) in [5.41, 5.74) is 2.17. The number of thioether (sulfide) groups is 1. The van der Waals surface area contributed by atoms with E-state index in [9.17, 15) is 14.4 Å². The van der Waals surface area contributed by atoms with Gasteiger partial charge in [0.1, 0.15) is 5.70 Å². The highest BCUT2D eigenvalue weighted by Gasteiger charge is 2.16. The maximum atomic E-state index is 13.2. The van der Waals surface area contributed by atoms with Crippen molar-refractivity contribution >= 4 is 64.3 Å². The molecule has 0 bridgehead atoms. The monoisotopic (exact) mass is 560 g/mol. The Balaban J connectivity index is 1.44. The highest BCUT2D eigenvalue weighted by Crippen LogP contribution is 2.23. The van der Waals surface area contributed by atoms with Crippen LogP contribution in [0.3, 0.4) is 0 Å². The van der Waals surface area contributed by atoms with Crippen molar-refractivity contribution < 1.29 is 14.4 Å². The number of Topliss-reactive ketones (excluding diaryl/α,β-unsaturated/α-hetero) is 1. The quantitative estimate of drug-likeness (QED) is 0.127. The van der Waals surface area contributed by atoms with Crippen molar-refractivity contribution in [3.63, 3.8) is 0 Å². The van der Waals surface area contributed by atoms with Crippen LogP contribution in [0.25, 0.3) is 6.08 Å². The van der Waals surface area contributed by atoms with Gasteiger partial charge >= 0.3 is 0 Å². The lowest BCUT2D eigenvalue weighted by atomic mass is 10.1. The number of nitrogens with one attached hydrogen (secondary N) is 2. The van der Waals surface area contributed by atoms with E-state index in [0.29, 0.717) is 32.4 Å². The fourth-order valence-corrected chi connectivity index (χ4v) is 4.50. The Morgan fingerprint density at radius 1 is 0.737 bits per heavy atom. The van der Waals surface area contributed by atoms with Gasteiger partial charge in [0.05, 0.1) is 5.75 Å². The van der Waals surface area contributed by atoms with Crippen molar-refractivity contribution in [2.24, 2.45) is 0 Å². The molecule has 0 aliphatic carbocycles. The number of halogens is 2. The lowest BCUT2D eigenvalue weighted by molar-refractivity contribution is -0.113. The number of benzene rings is 4. The molecule has 0 saturated carbocycles. The first-order valence-corrected chi connectivity index (χ1v) is 13.3. The van der Waals surface area contributed by atoms with Gasteiger partial charge in [-0.1, -0.05) is 59.6 Å². The summed E-state index contributed by atoms with van der Waals surface area (Å²) in [4.78, 5) is 39.2. The Bertz CT molecular complexity index is 1470. The summed E-state index contributed by atoms with van der Waals surface area (Å²) in [6.45, 7) is 0. The van der Waals surface area contributed by atoms with Gasteiger partial charge in [-0.3, -0.25) is 14.4 Å². The van der Waals surface area contributed by atoms with Crippen LogP contribution < -0.4 is 10.6 Å². The minimum atomic E-state index is -0.507. The summed E-state index contributed by atoms with van der Waals surface area (Å²) in [6, 6.07) is 29.5. The SMILES string of the molecule is O=C(Nc1ccc(SCC(=O)c2ccc(Cl)cc2)cc1)/C(=C/c1ccccc1Cl)NC(=O)c1ccccc1. The number of carbonyl (C=O) groups is 3. The second-order valence-electron chi connectivity index (χ2n) is 8.10. The number of carbonyl (C=O) groups excluding carboxylic acids is 3. The molecule has 38 heavy (non-hydrogen) atoms. The largest absolute Gasteiger partial charge is 0.321 e. The van der Waals surface area contributed by atoms with Crippen LogP contribution in [0.4, 0.5) is 5.69 Å². The molecule has 0 fully saturated rings. The Morgan fingerprint density at radius 2 is 1.39 bits per heavy atom. The van der Waals surface area contributed by atoms with Crippen molar-refractivity contribution in [3.8, 4) is 0 Å². The number of amides is 2. The van der Waals surface area contributed by atoms with E-state index in [1.807, 2.05) is 12.1 Å². The maximum Gasteiger partial charge on any atom is 0.272 e. The summed E-state index contributed by atoms with van der Waals surface area (Å²) in [7, 11) is 0. The molecule has 0 radical (unpaired) electrons. The second-order valence-corrected chi connectivity index (χ2v) is 9.99. The topological polar surface area (TPSA) is 75.3 Å². The number of hydrogen-bond donors (Lipinski definition) is 2. The molecular formula is C30H22Cl2N2O3S. The molecule has 0 aromatic heterocycles. The van der Waals surface area contributed by atoms with Gasteiger partial charge in [0.15, 0.2) is 5.78 Å². The van der Waals surface area contributed by atoms with E-state index in [0.717, 1.165) is 4.90 Å². The first-order valence-electron chi connectivity index (χ1n) is 11.5. The molecule has 0 heterocycles. The van der Waals surface area contributed by atoms with Gasteiger partial charge in [-0.15, -0.1) is 11.8 Å². The highest BCUT2D eigenvalue weighted by molar-refractivity contribution is 8.00. The van der Waals surface area contributed by atoms with Crippen molar-refractivity contribution in [2.75, 3.05) is 11.1 Å². The third-order valence-electron chi connectivity index (χ3n) is 5.38. The lowest BCUT2D eigenvalue weighted by Crippen LogP contribution is -2.30. The Kier molecular flexibility index (Phi) is 9.38. The molecule has 4 aromatic carbocycles. The summed E-state index contributed by atoms with van der Waals surface area (Å²) < 4.78 is 0. The second kappa shape index (κ2) is 13.1. The molecule has 0 spiro atoms. The van der Waals surface area contributed by atoms with Gasteiger partial charge in [-0.25, -0.2) is 0 Å². The molecule has 0 aliphatic rings. The fourth-order valence-electron chi connectivity index (χ4n) is 3.39. The van der Waals surface area contributed by atoms with E-state index in [4.69, 9.17) is 23.2 Å². The Hall–Kier alpha value is -3.84. The highest BCUT2D eigenvalue weighted by atomic mass is 35.5. The molecule has 4 aromatic rings. The molecule has 0 saturated heterocycles. The molecule has 0 atom stereocenters. The van der Waals surface area contributed by atoms with Gasteiger partial charge in [0, 0.05) is 31.8 Å². The van der Waals surface area contributed by atoms with Crippen LogP contribution in [0.1, 0.15) is 26.3 Å². The molecule has 8 heteroatoms. The van der Waals surface area contributed by atoms with Crippen LogP contribution >= 0.6 is 35.0 Å². The van der Waals surface area contributed by atoms with E-state index in [1.165, 1.54) is 17.8 Å². The molecule has 5 nitrogen and oxygen atoms in total. The zero-order chi connectivity index (χ0) is 26.9. The molecule has 0 unspecified atom stereocenters. The predicted octanol–water partition coefficient (Wildman–Crippen LogP) is 7.38. The molecule has 2 amide bonds. The van der Waals surface area contributed by atoms with E-state index < -0.39 is 11.8 Å². The Morgan fingerprint density at radius 3 is 2.08 bits per heavy atom. The average molecular weight is 561 g/mol. The van der Waals surface area contributed by atoms with Crippen molar-refractivity contribution in [1.29, 1.82) is 0 Å². The number of anilines is 1. The Labute approximate surface area is 234 Å². The zero-order valence-corrected chi connectivity index (χ0v) is 22.3. The summed E-state index contributed by atoms with van der Waals surface area (Å²) in [5, 5.41) is 6.53. The number of hydrogen-bond acceptors (Lipinski definition) is 4. The summed E-state index contributed by atoms with van der Waals surface area (Å²) in [6.07, 6.45) is 1.53. The van der Waals surface area contributed by atoms with Crippen LogP contribution in [0.15, 0.2) is 114 Å². The van der Waals surface area contributed by atoms with Gasteiger partial charge in [0.2, 0.25) is 0 Å². The van der Waals surface area contributed by atoms with Crippen LogP contribution in [0, 0.1) is 0 Å². The van der Waals surface area contributed by atoms with Crippen LogP contribution in [-0.2, 0) is 4.79 Å². The van der Waals surface area contributed by atoms with Crippen molar-refractivity contribution in [2.45, 2.75) is 4.90 Å². The van der Waals surface area contributed by atoms with Crippen LogP contribution in [0.5, 0.6) is 0 Å². The fraction of sp³-hybridized carbons (Fsp3) is 0.0333. The van der Waals surface area contributed by atoms with Crippen molar-refractivity contribution in [1.82, 2.24) is 5.32 Å². The number of ketones is 1. The zero-order valence-electron chi connectivity index (χ0n) is 20.0. The average Bonchev–Trinajstić information content (AvgIpc) is 2.94. The molecular weight excluding hydrogens is 539 g/mol. The first kappa shape index (κ1) is 27.2. The normalized spacial score (nSPS) is 11.1. The number of rotatable bonds is 9. The minimum absolute atomic E-state index is 0.00689. The van der Waals surface area contributed by atoms with Gasteiger partial charge in [-0.2, -0.15) is 0 Å². The van der Waals surface area contributed by atoms with E-state index in [2.05, 4.69) is 10.6 Å². The third kappa shape index (κ3) is 7.59. The van der Waals surface area contributed by atoms with Crippen molar-refractivity contribution in [3.05, 3.63) is 136 Å². The maximum absolute atomic E-state index is 13.2. The first-order chi connectivity index (χ1) is 18.4. The minimum Gasteiger partial charge on any atom is -0.321 e. The van der Waals surface area contributed by atoms with Gasteiger partial charge in [0.25, 0.3) is 11.8 Å².